The number of aromatic nitrogens is 2. The highest BCUT2D eigenvalue weighted by Crippen LogP contribution is 2.31. The lowest BCUT2D eigenvalue weighted by atomic mass is 10.1. The molecule has 2 heterocycles. The summed E-state index contributed by atoms with van der Waals surface area (Å²) in [6.45, 7) is 1.79. The number of ether oxygens (including phenoxy) is 1. The van der Waals surface area contributed by atoms with Crippen molar-refractivity contribution in [1.82, 2.24) is 9.78 Å². The Kier molecular flexibility index (Phi) is 6.52. The largest absolute Gasteiger partial charge is 0.461 e. The van der Waals surface area contributed by atoms with Gasteiger partial charge in [0.05, 0.1) is 24.1 Å². The Balaban J connectivity index is 1.79. The Morgan fingerprint density at radius 2 is 1.97 bits per heavy atom. The van der Waals surface area contributed by atoms with E-state index in [0.717, 1.165) is 16.0 Å². The standard InChI is InChI=1S/C23H17ClFN3O4S/c1-2-32-23(31)20-17-12-33-21(26-18(29)10-13-6-8-15(25)9-7-13)19(17)22(30)28(27-20)16-5-3-4-14(24)11-16/h3-9,11-12H,2,10H2,1H3,(H,26,29). The van der Waals surface area contributed by atoms with Gasteiger partial charge in [0.2, 0.25) is 5.91 Å². The highest BCUT2D eigenvalue weighted by Gasteiger charge is 2.23. The number of nitrogens with one attached hydrogen (secondary N) is 1. The van der Waals surface area contributed by atoms with Crippen molar-refractivity contribution in [3.63, 3.8) is 0 Å². The van der Waals surface area contributed by atoms with Crippen LogP contribution in [0.3, 0.4) is 0 Å². The molecule has 0 bridgehead atoms. The van der Waals surface area contributed by atoms with E-state index in [4.69, 9.17) is 16.3 Å². The van der Waals surface area contributed by atoms with Crippen molar-refractivity contribution in [1.29, 1.82) is 0 Å². The lowest BCUT2D eigenvalue weighted by Gasteiger charge is -2.10. The molecule has 0 radical (unpaired) electrons. The monoisotopic (exact) mass is 485 g/mol. The molecule has 0 unspecified atom stereocenters. The third-order valence-electron chi connectivity index (χ3n) is 4.70. The molecule has 0 spiro atoms. The van der Waals surface area contributed by atoms with Gasteiger partial charge in [-0.15, -0.1) is 11.3 Å². The minimum atomic E-state index is -0.694. The topological polar surface area (TPSA) is 90.3 Å². The van der Waals surface area contributed by atoms with Crippen LogP contribution in [0.5, 0.6) is 0 Å². The van der Waals surface area contributed by atoms with E-state index in [1.54, 1.807) is 30.5 Å². The minimum Gasteiger partial charge on any atom is -0.461 e. The summed E-state index contributed by atoms with van der Waals surface area (Å²) < 4.78 is 19.3. The van der Waals surface area contributed by atoms with Crippen LogP contribution >= 0.6 is 22.9 Å². The second-order valence-electron chi connectivity index (χ2n) is 6.97. The number of amides is 1. The van der Waals surface area contributed by atoms with Crippen molar-refractivity contribution in [2.45, 2.75) is 13.3 Å². The number of esters is 1. The summed E-state index contributed by atoms with van der Waals surface area (Å²) in [5.41, 5.74) is 0.384. The predicted octanol–water partition coefficient (Wildman–Crippen LogP) is 4.60. The van der Waals surface area contributed by atoms with Gasteiger partial charge in [-0.25, -0.2) is 9.18 Å². The average molecular weight is 486 g/mol. The van der Waals surface area contributed by atoms with Gasteiger partial charge in [0.25, 0.3) is 5.56 Å². The first-order valence-corrected chi connectivity index (χ1v) is 11.1. The fourth-order valence-electron chi connectivity index (χ4n) is 3.23. The Bertz CT molecular complexity index is 1420. The van der Waals surface area contributed by atoms with Gasteiger partial charge in [-0.2, -0.15) is 9.78 Å². The molecule has 1 N–H and O–H groups in total. The van der Waals surface area contributed by atoms with Crippen LogP contribution in [0.4, 0.5) is 9.39 Å². The van der Waals surface area contributed by atoms with Gasteiger partial charge in [0.15, 0.2) is 5.69 Å². The number of carbonyl (C=O) groups excluding carboxylic acids is 2. The van der Waals surface area contributed by atoms with Crippen LogP contribution in [0.15, 0.2) is 58.7 Å². The molecular formula is C23H17ClFN3O4S. The highest BCUT2D eigenvalue weighted by molar-refractivity contribution is 7.16. The lowest BCUT2D eigenvalue weighted by Crippen LogP contribution is -2.25. The number of thiophene rings is 1. The summed E-state index contributed by atoms with van der Waals surface area (Å²) in [6.07, 6.45) is -0.0159. The molecule has 0 fully saturated rings. The summed E-state index contributed by atoms with van der Waals surface area (Å²) in [5.74, 6) is -1.49. The quantitative estimate of drug-likeness (QED) is 0.403. The normalized spacial score (nSPS) is 10.9. The van der Waals surface area contributed by atoms with Gasteiger partial charge < -0.3 is 10.1 Å². The van der Waals surface area contributed by atoms with E-state index in [0.29, 0.717) is 16.3 Å². The van der Waals surface area contributed by atoms with Gasteiger partial charge in [-0.3, -0.25) is 9.59 Å². The van der Waals surface area contributed by atoms with E-state index in [9.17, 15) is 18.8 Å². The summed E-state index contributed by atoms with van der Waals surface area (Å²) in [7, 11) is 0. The number of halogens is 2. The third kappa shape index (κ3) is 4.79. The van der Waals surface area contributed by atoms with E-state index in [1.165, 1.54) is 30.3 Å². The number of nitrogens with zero attached hydrogens (tertiary/aromatic N) is 2. The Morgan fingerprint density at radius 3 is 2.67 bits per heavy atom. The molecule has 2 aromatic carbocycles. The first kappa shape index (κ1) is 22.6. The molecule has 0 saturated heterocycles. The number of hydrogen-bond donors (Lipinski definition) is 1. The van der Waals surface area contributed by atoms with E-state index in [-0.39, 0.29) is 34.5 Å². The van der Waals surface area contributed by atoms with Crippen molar-refractivity contribution >= 4 is 50.6 Å². The van der Waals surface area contributed by atoms with Gasteiger partial charge in [0.1, 0.15) is 10.8 Å². The van der Waals surface area contributed by atoms with Crippen molar-refractivity contribution in [2.24, 2.45) is 0 Å². The molecule has 0 aliphatic heterocycles. The van der Waals surface area contributed by atoms with Crippen LogP contribution in [0.2, 0.25) is 5.02 Å². The molecular weight excluding hydrogens is 469 g/mol. The average Bonchev–Trinajstić information content (AvgIpc) is 3.19. The number of anilines is 1. The zero-order valence-electron chi connectivity index (χ0n) is 17.3. The number of carbonyl (C=O) groups is 2. The minimum absolute atomic E-state index is 0.0159. The SMILES string of the molecule is CCOC(=O)c1nn(-c2cccc(Cl)c2)c(=O)c2c(NC(=O)Cc3ccc(F)cc3)scc12. The van der Waals surface area contributed by atoms with Gasteiger partial charge in [-0.1, -0.05) is 29.8 Å². The Hall–Kier alpha value is -3.56. The molecule has 2 aromatic heterocycles. The van der Waals surface area contributed by atoms with E-state index in [1.807, 2.05) is 0 Å². The maximum absolute atomic E-state index is 13.4. The van der Waals surface area contributed by atoms with Crippen LogP contribution < -0.4 is 10.9 Å². The molecule has 0 aliphatic carbocycles. The molecule has 33 heavy (non-hydrogen) atoms. The van der Waals surface area contributed by atoms with Crippen LogP contribution in [0.1, 0.15) is 23.0 Å². The molecule has 10 heteroatoms. The number of fused-ring (bicyclic) bond motifs is 1. The third-order valence-corrected chi connectivity index (χ3v) is 5.84. The van der Waals surface area contributed by atoms with E-state index < -0.39 is 23.3 Å². The van der Waals surface area contributed by atoms with E-state index in [2.05, 4.69) is 10.4 Å². The van der Waals surface area contributed by atoms with Gasteiger partial charge in [0, 0.05) is 15.8 Å². The molecule has 0 saturated carbocycles. The van der Waals surface area contributed by atoms with Crippen LogP contribution in [0.25, 0.3) is 16.5 Å². The second-order valence-corrected chi connectivity index (χ2v) is 8.29. The molecule has 7 nitrogen and oxygen atoms in total. The molecule has 168 valence electrons. The predicted molar refractivity (Wildman–Crippen MR) is 125 cm³/mol. The summed E-state index contributed by atoms with van der Waals surface area (Å²) >= 11 is 7.17. The van der Waals surface area contributed by atoms with Gasteiger partial charge >= 0.3 is 5.97 Å². The van der Waals surface area contributed by atoms with Crippen molar-refractivity contribution in [3.05, 3.63) is 86.4 Å². The van der Waals surface area contributed by atoms with Crippen molar-refractivity contribution < 1.29 is 18.7 Å². The summed E-state index contributed by atoms with van der Waals surface area (Å²) in [6, 6.07) is 12.0. The highest BCUT2D eigenvalue weighted by atomic mass is 35.5. The Labute approximate surface area is 196 Å². The summed E-state index contributed by atoms with van der Waals surface area (Å²) in [4.78, 5) is 38.5. The zero-order valence-corrected chi connectivity index (χ0v) is 18.9. The van der Waals surface area contributed by atoms with Gasteiger partial charge in [-0.05, 0) is 42.8 Å². The number of rotatable bonds is 6. The van der Waals surface area contributed by atoms with Crippen LogP contribution in [-0.2, 0) is 16.0 Å². The fraction of sp³-hybridized carbons (Fsp3) is 0.130. The first-order valence-electron chi connectivity index (χ1n) is 9.89. The van der Waals surface area contributed by atoms with Crippen molar-refractivity contribution in [3.8, 4) is 5.69 Å². The van der Waals surface area contributed by atoms with Crippen LogP contribution in [0, 0.1) is 5.82 Å². The molecule has 1 amide bonds. The lowest BCUT2D eigenvalue weighted by molar-refractivity contribution is -0.115. The molecule has 4 aromatic rings. The zero-order chi connectivity index (χ0) is 23.5. The molecule has 0 atom stereocenters. The maximum Gasteiger partial charge on any atom is 0.359 e. The Morgan fingerprint density at radius 1 is 1.21 bits per heavy atom. The first-order chi connectivity index (χ1) is 15.9. The number of benzene rings is 2. The smallest absolute Gasteiger partial charge is 0.359 e. The van der Waals surface area contributed by atoms with Crippen molar-refractivity contribution in [2.75, 3.05) is 11.9 Å². The summed E-state index contributed by atoms with van der Waals surface area (Å²) in [5, 5.41) is 9.59. The van der Waals surface area contributed by atoms with Crippen LogP contribution in [-0.4, -0.2) is 28.3 Å². The number of hydrogen-bond acceptors (Lipinski definition) is 6. The molecule has 4 rings (SSSR count). The molecule has 0 aliphatic rings. The maximum atomic E-state index is 13.4. The second kappa shape index (κ2) is 9.51. The van der Waals surface area contributed by atoms with E-state index >= 15 is 0 Å². The fourth-order valence-corrected chi connectivity index (χ4v) is 4.37.